The second kappa shape index (κ2) is 8.26. The molecule has 1 aromatic rings. The van der Waals surface area contributed by atoms with Crippen molar-refractivity contribution in [1.82, 2.24) is 4.90 Å². The van der Waals surface area contributed by atoms with E-state index in [2.05, 4.69) is 4.74 Å². The van der Waals surface area contributed by atoms with Gasteiger partial charge < -0.3 is 9.84 Å². The van der Waals surface area contributed by atoms with Gasteiger partial charge in [-0.05, 0) is 30.2 Å². The molecule has 0 saturated carbocycles. The molecule has 1 fully saturated rings. The van der Waals surface area contributed by atoms with Gasteiger partial charge in [-0.1, -0.05) is 49.5 Å². The molecule has 0 bridgehead atoms. The van der Waals surface area contributed by atoms with Gasteiger partial charge in [-0.3, -0.25) is 9.69 Å². The molecule has 0 aliphatic carbocycles. The summed E-state index contributed by atoms with van der Waals surface area (Å²) in [6, 6.07) is 5.59. The van der Waals surface area contributed by atoms with Crippen LogP contribution >= 0.6 is 24.0 Å². The molecule has 2 rings (SSSR count). The Morgan fingerprint density at radius 3 is 2.52 bits per heavy atom. The lowest BCUT2D eigenvalue weighted by molar-refractivity contribution is -0.145. The minimum absolute atomic E-state index is 0.239. The predicted octanol–water partition coefficient (Wildman–Crippen LogP) is 2.93. The maximum atomic E-state index is 12.6. The number of hydrogen-bond acceptors (Lipinski definition) is 6. The molecule has 1 aliphatic heterocycles. The van der Waals surface area contributed by atoms with Crippen LogP contribution in [-0.4, -0.2) is 45.3 Å². The fraction of sp³-hybridized carbons (Fsp3) is 0.294. The van der Waals surface area contributed by atoms with E-state index in [9.17, 15) is 19.5 Å². The number of rotatable bonds is 6. The molecular formula is C17H17NO5S2. The Labute approximate surface area is 154 Å². The van der Waals surface area contributed by atoms with Gasteiger partial charge in [0.25, 0.3) is 5.91 Å². The number of benzene rings is 1. The van der Waals surface area contributed by atoms with Crippen LogP contribution in [-0.2, 0) is 14.3 Å². The molecule has 0 spiro atoms. The Morgan fingerprint density at radius 2 is 2.00 bits per heavy atom. The molecule has 1 amide bonds. The summed E-state index contributed by atoms with van der Waals surface area (Å²) < 4.78 is 4.87. The standard InChI is InChI=1S/C17H17NO5S2/c1-3-4-12(15(20)21)18-14(19)13(25-17(18)24)9-10-5-7-11(8-6-10)16(22)23-2/h5-9,12H,3-4H2,1-2H3,(H,20,21)/b13-9+. The van der Waals surface area contributed by atoms with Gasteiger partial charge in [0.15, 0.2) is 0 Å². The number of carbonyl (C=O) groups excluding carboxylic acids is 2. The quantitative estimate of drug-likeness (QED) is 0.462. The van der Waals surface area contributed by atoms with Gasteiger partial charge in [0.1, 0.15) is 10.4 Å². The molecule has 1 unspecified atom stereocenters. The second-order valence-corrected chi connectivity index (χ2v) is 6.98. The molecule has 1 aromatic carbocycles. The lowest BCUT2D eigenvalue weighted by Crippen LogP contribution is -2.43. The zero-order valence-corrected chi connectivity index (χ0v) is 15.4. The minimum atomic E-state index is -1.07. The number of thioether (sulfide) groups is 1. The van der Waals surface area contributed by atoms with Crippen molar-refractivity contribution in [2.45, 2.75) is 25.8 Å². The van der Waals surface area contributed by atoms with Crippen molar-refractivity contribution in [3.8, 4) is 0 Å². The SMILES string of the molecule is CCCC(C(=O)O)N1C(=O)/C(=C\c2ccc(C(=O)OC)cc2)SC1=S. The highest BCUT2D eigenvalue weighted by Crippen LogP contribution is 2.34. The van der Waals surface area contributed by atoms with E-state index in [4.69, 9.17) is 12.2 Å². The fourth-order valence-electron chi connectivity index (χ4n) is 2.37. The van der Waals surface area contributed by atoms with Gasteiger partial charge in [-0.15, -0.1) is 0 Å². The molecule has 132 valence electrons. The third kappa shape index (κ3) is 4.26. The molecular weight excluding hydrogens is 362 g/mol. The number of esters is 1. The summed E-state index contributed by atoms with van der Waals surface area (Å²) >= 11 is 6.27. The zero-order valence-electron chi connectivity index (χ0n) is 13.7. The van der Waals surface area contributed by atoms with Crippen molar-refractivity contribution in [1.29, 1.82) is 0 Å². The second-order valence-electron chi connectivity index (χ2n) is 5.31. The van der Waals surface area contributed by atoms with Gasteiger partial charge >= 0.3 is 11.9 Å². The first-order valence-corrected chi connectivity index (χ1v) is 8.79. The number of nitrogens with zero attached hydrogens (tertiary/aromatic N) is 1. The number of carbonyl (C=O) groups is 3. The molecule has 1 aliphatic rings. The number of methoxy groups -OCH3 is 1. The van der Waals surface area contributed by atoms with Crippen LogP contribution in [0.1, 0.15) is 35.7 Å². The summed E-state index contributed by atoms with van der Waals surface area (Å²) in [4.78, 5) is 37.0. The summed E-state index contributed by atoms with van der Waals surface area (Å²) in [6.07, 6.45) is 2.59. The Morgan fingerprint density at radius 1 is 1.36 bits per heavy atom. The fourth-order valence-corrected chi connectivity index (χ4v) is 3.73. The van der Waals surface area contributed by atoms with Crippen molar-refractivity contribution >= 4 is 52.2 Å². The van der Waals surface area contributed by atoms with Crippen molar-refractivity contribution in [3.05, 3.63) is 40.3 Å². The maximum absolute atomic E-state index is 12.6. The topological polar surface area (TPSA) is 83.9 Å². The van der Waals surface area contributed by atoms with Crippen LogP contribution in [0, 0.1) is 0 Å². The summed E-state index contributed by atoms with van der Waals surface area (Å²) in [5, 5.41) is 9.36. The molecule has 8 heteroatoms. The highest BCUT2D eigenvalue weighted by atomic mass is 32.2. The van der Waals surface area contributed by atoms with E-state index >= 15 is 0 Å². The third-order valence-electron chi connectivity index (χ3n) is 3.61. The van der Waals surface area contributed by atoms with E-state index in [-0.39, 0.29) is 4.32 Å². The highest BCUT2D eigenvalue weighted by molar-refractivity contribution is 8.26. The number of carboxylic acids is 1. The van der Waals surface area contributed by atoms with Gasteiger partial charge in [-0.25, -0.2) is 9.59 Å². The van der Waals surface area contributed by atoms with Crippen molar-refractivity contribution in [2.24, 2.45) is 0 Å². The van der Waals surface area contributed by atoms with E-state index in [1.54, 1.807) is 30.3 Å². The van der Waals surface area contributed by atoms with Crippen molar-refractivity contribution in [2.75, 3.05) is 7.11 Å². The van der Waals surface area contributed by atoms with Crippen molar-refractivity contribution in [3.63, 3.8) is 0 Å². The van der Waals surface area contributed by atoms with Crippen molar-refractivity contribution < 1.29 is 24.2 Å². The number of thiocarbonyl (C=S) groups is 1. The normalized spacial score (nSPS) is 17.0. The largest absolute Gasteiger partial charge is 0.480 e. The number of amides is 1. The Bertz CT molecular complexity index is 742. The smallest absolute Gasteiger partial charge is 0.337 e. The lowest BCUT2D eigenvalue weighted by atomic mass is 10.1. The molecule has 0 aromatic heterocycles. The first kappa shape index (κ1) is 19.1. The molecule has 1 atom stereocenters. The van der Waals surface area contributed by atoms with Crippen LogP contribution in [0.25, 0.3) is 6.08 Å². The van der Waals surface area contributed by atoms with E-state index in [1.165, 1.54) is 12.0 Å². The summed E-state index contributed by atoms with van der Waals surface area (Å²) in [5.74, 6) is -1.92. The molecule has 1 saturated heterocycles. The number of ether oxygens (including phenoxy) is 1. The number of carboxylic acid groups (broad SMARTS) is 1. The van der Waals surface area contributed by atoms with Gasteiger partial charge in [-0.2, -0.15) is 0 Å². The van der Waals surface area contributed by atoms with E-state index in [1.807, 2.05) is 6.92 Å². The van der Waals surface area contributed by atoms with E-state index in [0.29, 0.717) is 28.9 Å². The number of aliphatic carboxylic acids is 1. The van der Waals surface area contributed by atoms with Crippen LogP contribution in [0.4, 0.5) is 0 Å². The van der Waals surface area contributed by atoms with Crippen LogP contribution < -0.4 is 0 Å². The predicted molar refractivity (Wildman–Crippen MR) is 99.1 cm³/mol. The number of hydrogen-bond donors (Lipinski definition) is 1. The Balaban J connectivity index is 2.24. The summed E-state index contributed by atoms with van der Waals surface area (Å²) in [5.41, 5.74) is 1.11. The molecule has 1 heterocycles. The maximum Gasteiger partial charge on any atom is 0.337 e. The zero-order chi connectivity index (χ0) is 18.6. The Hall–Kier alpha value is -2.19. The first-order valence-electron chi connectivity index (χ1n) is 7.57. The van der Waals surface area contributed by atoms with E-state index < -0.39 is 23.9 Å². The van der Waals surface area contributed by atoms with Crippen LogP contribution in [0.2, 0.25) is 0 Å². The van der Waals surface area contributed by atoms with Crippen LogP contribution in [0.15, 0.2) is 29.2 Å². The Kier molecular flexibility index (Phi) is 6.33. The van der Waals surface area contributed by atoms with Crippen LogP contribution in [0.3, 0.4) is 0 Å². The minimum Gasteiger partial charge on any atom is -0.480 e. The molecule has 25 heavy (non-hydrogen) atoms. The van der Waals surface area contributed by atoms with E-state index in [0.717, 1.165) is 11.8 Å². The van der Waals surface area contributed by atoms with Crippen LogP contribution in [0.5, 0.6) is 0 Å². The third-order valence-corrected chi connectivity index (χ3v) is 4.94. The van der Waals surface area contributed by atoms with Gasteiger partial charge in [0, 0.05) is 0 Å². The summed E-state index contributed by atoms with van der Waals surface area (Å²) in [7, 11) is 1.30. The van der Waals surface area contributed by atoms with Gasteiger partial charge in [0.2, 0.25) is 0 Å². The lowest BCUT2D eigenvalue weighted by Gasteiger charge is -2.22. The van der Waals surface area contributed by atoms with Gasteiger partial charge in [0.05, 0.1) is 17.6 Å². The average molecular weight is 379 g/mol. The first-order chi connectivity index (χ1) is 11.9. The monoisotopic (exact) mass is 379 g/mol. The molecule has 0 radical (unpaired) electrons. The highest BCUT2D eigenvalue weighted by Gasteiger charge is 2.39. The molecule has 1 N–H and O–H groups in total. The molecule has 6 nitrogen and oxygen atoms in total. The average Bonchev–Trinajstić information content (AvgIpc) is 2.86. The summed E-state index contributed by atoms with van der Waals surface area (Å²) in [6.45, 7) is 1.85.